The first kappa shape index (κ1) is 10.1. The predicted molar refractivity (Wildman–Crippen MR) is 40.9 cm³/mol. The summed E-state index contributed by atoms with van der Waals surface area (Å²) in [6, 6.07) is 6.12. The molecule has 1 aromatic rings. The van der Waals surface area contributed by atoms with Crippen LogP contribution in [0, 0.1) is 22.7 Å². The zero-order valence-electron chi connectivity index (χ0n) is 6.76. The first-order valence-electron chi connectivity index (χ1n) is 3.51. The molecule has 0 bridgehead atoms. The van der Waals surface area contributed by atoms with Crippen LogP contribution in [-0.2, 0) is 6.18 Å². The van der Waals surface area contributed by atoms with E-state index in [0.29, 0.717) is 0 Å². The number of alkyl halides is 3. The van der Waals surface area contributed by atoms with Crippen LogP contribution in [0.25, 0.3) is 0 Å². The molecule has 0 N–H and O–H groups in total. The molecule has 2 nitrogen and oxygen atoms in total. The van der Waals surface area contributed by atoms with E-state index in [1.165, 1.54) is 18.2 Å². The molecule has 0 amide bonds. The third kappa shape index (κ3) is 1.67. The second-order valence-electron chi connectivity index (χ2n) is 2.45. The van der Waals surface area contributed by atoms with Gasteiger partial charge in [-0.3, -0.25) is 0 Å². The average Bonchev–Trinajstić information content (AvgIpc) is 2.15. The van der Waals surface area contributed by atoms with Gasteiger partial charge in [-0.2, -0.15) is 23.7 Å². The summed E-state index contributed by atoms with van der Waals surface area (Å²) >= 11 is 0. The molecule has 0 heterocycles. The number of rotatable bonds is 0. The minimum absolute atomic E-state index is 0.531. The molecule has 5 heteroatoms. The zero-order valence-corrected chi connectivity index (χ0v) is 6.76. The van der Waals surface area contributed by atoms with Crippen LogP contribution in [0.15, 0.2) is 18.2 Å². The Morgan fingerprint density at radius 1 is 1.00 bits per heavy atom. The summed E-state index contributed by atoms with van der Waals surface area (Å²) in [5.74, 6) is 0. The van der Waals surface area contributed by atoms with Crippen molar-refractivity contribution in [2.45, 2.75) is 6.18 Å². The van der Waals surface area contributed by atoms with Crippen molar-refractivity contribution in [3.63, 3.8) is 0 Å². The van der Waals surface area contributed by atoms with E-state index in [-0.39, 0.29) is 0 Å². The number of hydrogen-bond donors (Lipinski definition) is 0. The minimum Gasteiger partial charge on any atom is -0.192 e. The molecule has 0 aromatic heterocycles. The van der Waals surface area contributed by atoms with Gasteiger partial charge in [0.05, 0.1) is 28.8 Å². The Bertz CT molecular complexity index is 403. The molecule has 0 aliphatic carbocycles. The van der Waals surface area contributed by atoms with E-state index in [1.807, 2.05) is 0 Å². The fourth-order valence-corrected chi connectivity index (χ4v) is 1.04. The summed E-state index contributed by atoms with van der Waals surface area (Å²) in [6.07, 6.45) is -4.67. The maximum atomic E-state index is 12.4. The van der Waals surface area contributed by atoms with Crippen LogP contribution in [0.2, 0.25) is 0 Å². The molecule has 14 heavy (non-hydrogen) atoms. The van der Waals surface area contributed by atoms with Crippen molar-refractivity contribution in [3.8, 4) is 12.1 Å². The standard InChI is InChI=1S/C9H3F3N2/c10-9(11,12)8-6(4-13)2-1-3-7(8)5-14/h1-3H. The Kier molecular flexibility index (Phi) is 2.44. The molecular weight excluding hydrogens is 193 g/mol. The van der Waals surface area contributed by atoms with Crippen molar-refractivity contribution in [2.75, 3.05) is 0 Å². The number of halogens is 3. The quantitative estimate of drug-likeness (QED) is 0.639. The van der Waals surface area contributed by atoms with Crippen LogP contribution in [0.5, 0.6) is 0 Å². The van der Waals surface area contributed by atoms with Crippen LogP contribution >= 0.6 is 0 Å². The van der Waals surface area contributed by atoms with E-state index in [4.69, 9.17) is 10.5 Å². The zero-order chi connectivity index (χ0) is 10.8. The van der Waals surface area contributed by atoms with E-state index in [9.17, 15) is 13.2 Å². The lowest BCUT2D eigenvalue weighted by molar-refractivity contribution is -0.138. The van der Waals surface area contributed by atoms with Crippen molar-refractivity contribution in [1.29, 1.82) is 10.5 Å². The highest BCUT2D eigenvalue weighted by Gasteiger charge is 2.36. The molecule has 0 unspecified atom stereocenters. The maximum absolute atomic E-state index is 12.4. The van der Waals surface area contributed by atoms with E-state index in [1.54, 1.807) is 0 Å². The molecule has 0 spiro atoms. The number of hydrogen-bond acceptors (Lipinski definition) is 2. The lowest BCUT2D eigenvalue weighted by Gasteiger charge is -2.09. The second-order valence-corrected chi connectivity index (χ2v) is 2.45. The second kappa shape index (κ2) is 3.39. The van der Waals surface area contributed by atoms with Crippen LogP contribution < -0.4 is 0 Å². The van der Waals surface area contributed by atoms with Crippen LogP contribution in [-0.4, -0.2) is 0 Å². The van der Waals surface area contributed by atoms with Crippen molar-refractivity contribution in [1.82, 2.24) is 0 Å². The highest BCUT2D eigenvalue weighted by atomic mass is 19.4. The largest absolute Gasteiger partial charge is 0.418 e. The van der Waals surface area contributed by atoms with Crippen LogP contribution in [0.1, 0.15) is 16.7 Å². The molecule has 0 fully saturated rings. The maximum Gasteiger partial charge on any atom is 0.418 e. The lowest BCUT2D eigenvalue weighted by atomic mass is 10.0. The topological polar surface area (TPSA) is 47.6 Å². The number of nitriles is 2. The van der Waals surface area contributed by atoms with Gasteiger partial charge in [0.1, 0.15) is 0 Å². The van der Waals surface area contributed by atoms with E-state index >= 15 is 0 Å². The summed E-state index contributed by atoms with van der Waals surface area (Å²) < 4.78 is 37.1. The molecule has 70 valence electrons. The van der Waals surface area contributed by atoms with E-state index in [0.717, 1.165) is 12.1 Å². The molecule has 0 atom stereocenters. The Morgan fingerprint density at radius 3 is 1.71 bits per heavy atom. The van der Waals surface area contributed by atoms with Gasteiger partial charge in [0.2, 0.25) is 0 Å². The SMILES string of the molecule is N#Cc1cccc(C#N)c1C(F)(F)F. The third-order valence-corrected chi connectivity index (χ3v) is 1.59. The van der Waals surface area contributed by atoms with Gasteiger partial charge in [0.25, 0.3) is 0 Å². The summed E-state index contributed by atoms with van der Waals surface area (Å²) in [5.41, 5.74) is -2.22. The summed E-state index contributed by atoms with van der Waals surface area (Å²) in [6.45, 7) is 0. The minimum atomic E-state index is -4.67. The molecule has 0 radical (unpaired) electrons. The van der Waals surface area contributed by atoms with Gasteiger partial charge in [-0.25, -0.2) is 0 Å². The van der Waals surface area contributed by atoms with Crippen LogP contribution in [0.4, 0.5) is 13.2 Å². The first-order valence-corrected chi connectivity index (χ1v) is 3.51. The highest BCUT2D eigenvalue weighted by molar-refractivity contribution is 5.49. The van der Waals surface area contributed by atoms with Crippen LogP contribution in [0.3, 0.4) is 0 Å². The molecule has 0 saturated carbocycles. The smallest absolute Gasteiger partial charge is 0.192 e. The Labute approximate surface area is 77.8 Å². The van der Waals surface area contributed by atoms with Gasteiger partial charge in [0, 0.05) is 0 Å². The number of nitrogens with zero attached hydrogens (tertiary/aromatic N) is 2. The van der Waals surface area contributed by atoms with Crippen molar-refractivity contribution in [2.24, 2.45) is 0 Å². The Hall–Kier alpha value is -2.01. The summed E-state index contributed by atoms with van der Waals surface area (Å²) in [7, 11) is 0. The average molecular weight is 196 g/mol. The van der Waals surface area contributed by atoms with Gasteiger partial charge in [-0.05, 0) is 12.1 Å². The lowest BCUT2D eigenvalue weighted by Crippen LogP contribution is -2.10. The molecular formula is C9H3F3N2. The van der Waals surface area contributed by atoms with Crippen molar-refractivity contribution in [3.05, 3.63) is 34.9 Å². The predicted octanol–water partition coefficient (Wildman–Crippen LogP) is 2.45. The molecule has 1 rings (SSSR count). The summed E-state index contributed by atoms with van der Waals surface area (Å²) in [5, 5.41) is 16.9. The first-order chi connectivity index (χ1) is 6.50. The van der Waals surface area contributed by atoms with Crippen molar-refractivity contribution >= 4 is 0 Å². The van der Waals surface area contributed by atoms with Gasteiger partial charge in [-0.1, -0.05) is 6.07 Å². The van der Waals surface area contributed by atoms with Gasteiger partial charge < -0.3 is 0 Å². The molecule has 0 aliphatic heterocycles. The fourth-order valence-electron chi connectivity index (χ4n) is 1.04. The van der Waals surface area contributed by atoms with Gasteiger partial charge in [-0.15, -0.1) is 0 Å². The normalized spacial score (nSPS) is 10.4. The third-order valence-electron chi connectivity index (χ3n) is 1.59. The van der Waals surface area contributed by atoms with E-state index in [2.05, 4.69) is 0 Å². The fraction of sp³-hybridized carbons (Fsp3) is 0.111. The number of benzene rings is 1. The molecule has 0 aliphatic rings. The molecule has 1 aromatic carbocycles. The Morgan fingerprint density at radius 2 is 1.43 bits per heavy atom. The molecule has 0 saturated heterocycles. The van der Waals surface area contributed by atoms with Gasteiger partial charge >= 0.3 is 6.18 Å². The monoisotopic (exact) mass is 196 g/mol. The Balaban J connectivity index is 3.54. The highest BCUT2D eigenvalue weighted by Crippen LogP contribution is 2.34. The van der Waals surface area contributed by atoms with Crippen molar-refractivity contribution < 1.29 is 13.2 Å². The van der Waals surface area contributed by atoms with Gasteiger partial charge in [0.15, 0.2) is 0 Å². The summed E-state index contributed by atoms with van der Waals surface area (Å²) in [4.78, 5) is 0. The van der Waals surface area contributed by atoms with E-state index < -0.39 is 22.9 Å².